The summed E-state index contributed by atoms with van der Waals surface area (Å²) in [6.45, 7) is 7.74. The van der Waals surface area contributed by atoms with E-state index < -0.39 is 27.6 Å². The Kier molecular flexibility index (Phi) is 5.46. The van der Waals surface area contributed by atoms with E-state index in [1.165, 1.54) is 0 Å². The zero-order valence-electron chi connectivity index (χ0n) is 25.5. The zero-order chi connectivity index (χ0) is 27.1. The van der Waals surface area contributed by atoms with E-state index in [1.54, 1.807) is 0 Å². The SMILES string of the molecule is [2H]C([2H])([2H])C(O)(CCC[C@H](CC=O)[C@H]1CC[C@H]2[C@@H](O[Si](C)(C)C(C)(C)C)CCC[C@]12C)C([2H])([2H])[2H]. The molecule has 29 heavy (non-hydrogen) atoms. The number of aliphatic hydroxyl groups is 1. The molecule has 0 aromatic heterocycles. The van der Waals surface area contributed by atoms with Crippen molar-refractivity contribution in [2.45, 2.75) is 129 Å². The molecule has 2 fully saturated rings. The van der Waals surface area contributed by atoms with Gasteiger partial charge in [-0.2, -0.15) is 0 Å². The number of hydrogen-bond donors (Lipinski definition) is 1. The van der Waals surface area contributed by atoms with Crippen LogP contribution in [0.5, 0.6) is 0 Å². The highest BCUT2D eigenvalue weighted by Gasteiger charge is 2.54. The molecule has 0 unspecified atom stereocenters. The predicted molar refractivity (Wildman–Crippen MR) is 125 cm³/mol. The normalized spacial score (nSPS) is 36.0. The van der Waals surface area contributed by atoms with Crippen molar-refractivity contribution in [2.75, 3.05) is 0 Å². The molecule has 0 aromatic rings. The highest BCUT2D eigenvalue weighted by Crippen LogP contribution is 2.60. The molecule has 3 nitrogen and oxygen atoms in total. The van der Waals surface area contributed by atoms with Crippen molar-refractivity contribution in [3.63, 3.8) is 0 Å². The molecule has 4 heteroatoms. The lowest BCUT2D eigenvalue weighted by Gasteiger charge is -2.50. The Morgan fingerprint density at radius 1 is 1.28 bits per heavy atom. The summed E-state index contributed by atoms with van der Waals surface area (Å²) in [7, 11) is -1.92. The van der Waals surface area contributed by atoms with Crippen LogP contribution >= 0.6 is 0 Å². The molecule has 170 valence electrons. The molecule has 0 radical (unpaired) electrons. The van der Waals surface area contributed by atoms with Crippen LogP contribution in [0.3, 0.4) is 0 Å². The van der Waals surface area contributed by atoms with Crippen molar-refractivity contribution in [3.8, 4) is 0 Å². The van der Waals surface area contributed by atoms with Crippen LogP contribution in [-0.4, -0.2) is 31.4 Å². The lowest BCUT2D eigenvalue weighted by molar-refractivity contribution is -0.109. The molecule has 0 saturated heterocycles. The Morgan fingerprint density at radius 2 is 1.97 bits per heavy atom. The Balaban J connectivity index is 2.18. The molecule has 2 aliphatic carbocycles. The summed E-state index contributed by atoms with van der Waals surface area (Å²) in [5, 5.41) is 10.8. The largest absolute Gasteiger partial charge is 0.414 e. The third-order valence-corrected chi connectivity index (χ3v) is 13.0. The first-order chi connectivity index (χ1) is 15.7. The van der Waals surface area contributed by atoms with Gasteiger partial charge in [-0.15, -0.1) is 0 Å². The number of hydrogen-bond acceptors (Lipinski definition) is 3. The van der Waals surface area contributed by atoms with Gasteiger partial charge in [0.05, 0.1) is 5.60 Å². The molecule has 0 heterocycles. The molecule has 2 aliphatic rings. The maximum absolute atomic E-state index is 11.6. The van der Waals surface area contributed by atoms with Crippen LogP contribution in [0, 0.1) is 23.2 Å². The summed E-state index contributed by atoms with van der Waals surface area (Å²) < 4.78 is 52.6. The van der Waals surface area contributed by atoms with Gasteiger partial charge in [0, 0.05) is 20.7 Å². The van der Waals surface area contributed by atoms with E-state index in [-0.39, 0.29) is 35.3 Å². The summed E-state index contributed by atoms with van der Waals surface area (Å²) in [6, 6.07) is 0. The number of carbonyl (C=O) groups excluding carboxylic acids is 1. The molecule has 0 bridgehead atoms. The third kappa shape index (κ3) is 5.95. The predicted octanol–water partition coefficient (Wildman–Crippen LogP) is 6.74. The van der Waals surface area contributed by atoms with E-state index in [4.69, 9.17) is 12.7 Å². The average molecular weight is 431 g/mol. The molecule has 0 amide bonds. The second-order valence-corrected chi connectivity index (χ2v) is 16.3. The van der Waals surface area contributed by atoms with Gasteiger partial charge >= 0.3 is 0 Å². The van der Waals surface area contributed by atoms with Crippen LogP contribution in [0.4, 0.5) is 0 Å². The molecule has 2 rings (SSSR count). The number of rotatable bonds is 9. The summed E-state index contributed by atoms with van der Waals surface area (Å²) in [5.41, 5.74) is -2.69. The van der Waals surface area contributed by atoms with Gasteiger partial charge in [-0.3, -0.25) is 0 Å². The summed E-state index contributed by atoms with van der Waals surface area (Å²) in [5.74, 6) is 0.787. The Labute approximate surface area is 189 Å². The molecular weight excluding hydrogens is 376 g/mol. The van der Waals surface area contributed by atoms with E-state index in [0.29, 0.717) is 24.7 Å². The highest BCUT2D eigenvalue weighted by atomic mass is 28.4. The first kappa shape index (κ1) is 17.4. The zero-order valence-corrected chi connectivity index (χ0v) is 20.5. The van der Waals surface area contributed by atoms with Gasteiger partial charge in [-0.1, -0.05) is 40.5 Å². The minimum absolute atomic E-state index is 0.0450. The van der Waals surface area contributed by atoms with Crippen molar-refractivity contribution in [2.24, 2.45) is 23.2 Å². The minimum atomic E-state index is -3.00. The molecule has 1 N–H and O–H groups in total. The van der Waals surface area contributed by atoms with Gasteiger partial charge in [0.2, 0.25) is 0 Å². The van der Waals surface area contributed by atoms with Crippen molar-refractivity contribution >= 4 is 14.6 Å². The van der Waals surface area contributed by atoms with E-state index in [9.17, 15) is 9.90 Å². The molecule has 5 atom stereocenters. The van der Waals surface area contributed by atoms with E-state index >= 15 is 0 Å². The van der Waals surface area contributed by atoms with Crippen molar-refractivity contribution < 1.29 is 22.6 Å². The number of aldehydes is 1. The monoisotopic (exact) mass is 430 g/mol. The van der Waals surface area contributed by atoms with E-state index in [2.05, 4.69) is 40.8 Å². The second kappa shape index (κ2) is 9.12. The summed E-state index contributed by atoms with van der Waals surface area (Å²) in [4.78, 5) is 11.6. The first-order valence-electron chi connectivity index (χ1n) is 14.5. The maximum atomic E-state index is 11.6. The van der Waals surface area contributed by atoms with Crippen LogP contribution in [0.1, 0.15) is 107 Å². The topological polar surface area (TPSA) is 46.5 Å². The lowest BCUT2D eigenvalue weighted by atomic mass is 9.60. The van der Waals surface area contributed by atoms with Crippen molar-refractivity contribution in [1.29, 1.82) is 0 Å². The standard InChI is InChI=1S/C25H48O3Si/c1-23(2,3)29(7,8)28-22-12-10-17-25(6)20(13-14-21(22)25)19(15-18-26)11-9-16-24(4,5)27/h18-22,27H,9-17H2,1-8H3/t19-,20-,21+,22+,25-/m1/s1/i4D3,5D3. The fourth-order valence-corrected chi connectivity index (χ4v) is 7.25. The lowest BCUT2D eigenvalue weighted by Crippen LogP contribution is -2.50. The smallest absolute Gasteiger partial charge is 0.192 e. The van der Waals surface area contributed by atoms with Crippen LogP contribution in [0.25, 0.3) is 0 Å². The Hall–Kier alpha value is -0.193. The van der Waals surface area contributed by atoms with Gasteiger partial charge in [-0.25, -0.2) is 0 Å². The second-order valence-electron chi connectivity index (χ2n) is 11.5. The van der Waals surface area contributed by atoms with Crippen molar-refractivity contribution in [1.82, 2.24) is 0 Å². The van der Waals surface area contributed by atoms with E-state index in [1.807, 2.05) is 0 Å². The van der Waals surface area contributed by atoms with Crippen LogP contribution in [0.2, 0.25) is 18.1 Å². The summed E-state index contributed by atoms with van der Waals surface area (Å²) >= 11 is 0. The van der Waals surface area contributed by atoms with Crippen LogP contribution in [0.15, 0.2) is 0 Å². The summed E-state index contributed by atoms with van der Waals surface area (Å²) in [6.07, 6.45) is 7.31. The number of carbonyl (C=O) groups is 1. The molecule has 0 aliphatic heterocycles. The average Bonchev–Trinajstić information content (AvgIpc) is 3.02. The third-order valence-electron chi connectivity index (χ3n) is 8.47. The molecule has 0 aromatic carbocycles. The van der Waals surface area contributed by atoms with Crippen LogP contribution < -0.4 is 0 Å². The Morgan fingerprint density at radius 3 is 2.55 bits per heavy atom. The number of fused-ring (bicyclic) bond motifs is 1. The van der Waals surface area contributed by atoms with Crippen molar-refractivity contribution in [3.05, 3.63) is 0 Å². The van der Waals surface area contributed by atoms with Gasteiger partial charge in [0.25, 0.3) is 0 Å². The maximum Gasteiger partial charge on any atom is 0.192 e. The fourth-order valence-electron chi connectivity index (χ4n) is 5.86. The fraction of sp³-hybridized carbons (Fsp3) is 0.960. The van der Waals surface area contributed by atoms with E-state index in [0.717, 1.165) is 38.4 Å². The molecule has 2 saturated carbocycles. The van der Waals surface area contributed by atoms with Gasteiger partial charge in [0.15, 0.2) is 8.32 Å². The van der Waals surface area contributed by atoms with Gasteiger partial charge in [0.1, 0.15) is 6.29 Å². The molecule has 0 spiro atoms. The first-order valence-corrected chi connectivity index (χ1v) is 14.5. The Bertz CT molecular complexity index is 716. The van der Waals surface area contributed by atoms with Crippen LogP contribution in [-0.2, 0) is 9.22 Å². The highest BCUT2D eigenvalue weighted by molar-refractivity contribution is 6.74. The van der Waals surface area contributed by atoms with Gasteiger partial charge < -0.3 is 14.3 Å². The quantitative estimate of drug-likeness (QED) is 0.325. The van der Waals surface area contributed by atoms with Gasteiger partial charge in [-0.05, 0) is 93.5 Å². The molecular formula is C25H48O3Si. The minimum Gasteiger partial charge on any atom is -0.414 e.